The Morgan fingerprint density at radius 3 is 1.10 bits per heavy atom. The Morgan fingerprint density at radius 2 is 0.523 bits per heavy atom. The summed E-state index contributed by atoms with van der Waals surface area (Å²) in [6, 6.07) is 93.3. The zero-order chi connectivity index (χ0) is 54.8. The summed E-state index contributed by atoms with van der Waals surface area (Å²) in [5, 5.41) is 36.7. The molecule has 0 amide bonds. The third-order valence-corrected chi connectivity index (χ3v) is 21.3. The van der Waals surface area contributed by atoms with Crippen molar-refractivity contribution in [2.45, 2.75) is 0 Å². The Kier molecular flexibility index (Phi) is 6.87. The van der Waals surface area contributed by atoms with Gasteiger partial charge in [-0.15, -0.1) is 0 Å². The van der Waals surface area contributed by atoms with Gasteiger partial charge < -0.3 is 17.6 Å². The molecule has 8 heterocycles. The van der Waals surface area contributed by atoms with Crippen molar-refractivity contribution in [1.29, 1.82) is 0 Å². The molecule has 0 radical (unpaired) electrons. The topological polar surface area (TPSA) is 17.6 Å². The maximum absolute atomic E-state index is 2.62. The van der Waals surface area contributed by atoms with E-state index in [0.29, 0.717) is 0 Å². The van der Waals surface area contributed by atoms with E-state index in [1.165, 1.54) is 228 Å². The smallest absolute Gasteiger partial charge is 0.0627 e. The lowest BCUT2D eigenvalue weighted by Gasteiger charge is -2.14. The molecule has 0 aliphatic heterocycles. The van der Waals surface area contributed by atoms with Crippen molar-refractivity contribution in [3.63, 3.8) is 0 Å². The van der Waals surface area contributed by atoms with Crippen LogP contribution in [-0.2, 0) is 0 Å². The number of hydrogen-bond donors (Lipinski definition) is 0. The van der Waals surface area contributed by atoms with Crippen LogP contribution < -0.4 is 0 Å². The molecule has 388 valence electrons. The van der Waals surface area contributed by atoms with Crippen LogP contribution in [0.1, 0.15) is 0 Å². The van der Waals surface area contributed by atoms with E-state index in [0.717, 1.165) is 0 Å². The summed E-state index contributed by atoms with van der Waals surface area (Å²) in [5.41, 5.74) is 17.8. The summed E-state index contributed by atoms with van der Waals surface area (Å²) in [6.07, 6.45) is 0. The molecule has 0 aliphatic rings. The van der Waals surface area contributed by atoms with Gasteiger partial charge in [-0.3, -0.25) is 0 Å². The maximum Gasteiger partial charge on any atom is 0.0627 e. The lowest BCUT2D eigenvalue weighted by Crippen LogP contribution is -1.89. The van der Waals surface area contributed by atoms with E-state index in [9.17, 15) is 0 Å². The fourth-order valence-electron chi connectivity index (χ4n) is 18.3. The van der Waals surface area contributed by atoms with E-state index in [2.05, 4.69) is 260 Å². The van der Waals surface area contributed by atoms with Gasteiger partial charge in [0, 0.05) is 108 Å². The first-order valence-corrected chi connectivity index (χ1v) is 30.2. The monoisotopic (exact) mass is 1080 g/mol. The fourth-order valence-corrected chi connectivity index (χ4v) is 18.3. The van der Waals surface area contributed by atoms with Crippen LogP contribution in [0.5, 0.6) is 0 Å². The molecular formula is C82H40N4. The highest BCUT2D eigenvalue weighted by atomic mass is 14.9. The second kappa shape index (κ2) is 14.0. The first-order chi connectivity index (χ1) is 42.7. The second-order valence-electron chi connectivity index (χ2n) is 24.9. The third kappa shape index (κ3) is 4.46. The van der Waals surface area contributed by atoms with Crippen LogP contribution in [0.2, 0.25) is 0 Å². The van der Waals surface area contributed by atoms with Gasteiger partial charge >= 0.3 is 0 Å². The zero-order valence-corrected chi connectivity index (χ0v) is 45.9. The Hall–Kier alpha value is -11.5. The first-order valence-electron chi connectivity index (χ1n) is 30.2. The van der Waals surface area contributed by atoms with E-state index >= 15 is 0 Å². The van der Waals surface area contributed by atoms with E-state index in [1.54, 1.807) is 0 Å². The summed E-state index contributed by atoms with van der Waals surface area (Å²) < 4.78 is 10.3. The van der Waals surface area contributed by atoms with Crippen molar-refractivity contribution >= 4 is 217 Å². The SMILES string of the molecule is c1ccc2c(c1)c1c(ccc3c1c1cccc4c5ccccc5n3c41)c1ccc3c(c4cccc5c6cc(-c7ccc8c9cc%10ccc%11c%12c(ccc(c%10%12)c9n9c%10ccccc%10c7c89)cc7c8cccc9c%10ccccc%10n(c98)c7%11)ccc6n3c54)c21. The van der Waals surface area contributed by atoms with Crippen LogP contribution in [0.3, 0.4) is 0 Å². The molecule has 24 aromatic rings. The number of aromatic nitrogens is 4. The molecule has 0 saturated carbocycles. The molecular weight excluding hydrogens is 1040 g/mol. The number of benzene rings is 16. The van der Waals surface area contributed by atoms with Gasteiger partial charge in [-0.25, -0.2) is 0 Å². The molecule has 0 saturated heterocycles. The van der Waals surface area contributed by atoms with Gasteiger partial charge in [-0.05, 0) is 109 Å². The quantitative estimate of drug-likeness (QED) is 0.146. The maximum atomic E-state index is 2.62. The average molecular weight is 1080 g/mol. The minimum absolute atomic E-state index is 1.23. The molecule has 0 atom stereocenters. The highest BCUT2D eigenvalue weighted by Crippen LogP contribution is 2.53. The largest absolute Gasteiger partial charge is 0.308 e. The fraction of sp³-hybridized carbons (Fsp3) is 0. The number of nitrogens with zero attached hydrogens (tertiary/aromatic N) is 4. The molecule has 4 heteroatoms. The van der Waals surface area contributed by atoms with Crippen LogP contribution in [0.15, 0.2) is 243 Å². The average Bonchev–Trinajstić information content (AvgIpc) is 1.57. The van der Waals surface area contributed by atoms with Crippen LogP contribution in [-0.4, -0.2) is 17.6 Å². The number of para-hydroxylation sites is 6. The summed E-state index contributed by atoms with van der Waals surface area (Å²) in [7, 11) is 0. The molecule has 0 N–H and O–H groups in total. The molecule has 4 nitrogen and oxygen atoms in total. The lowest BCUT2D eigenvalue weighted by atomic mass is 9.89. The van der Waals surface area contributed by atoms with Gasteiger partial charge in [0.15, 0.2) is 0 Å². The summed E-state index contributed by atoms with van der Waals surface area (Å²) in [4.78, 5) is 0. The minimum Gasteiger partial charge on any atom is -0.308 e. The Bertz CT molecular complexity index is 7290. The summed E-state index contributed by atoms with van der Waals surface area (Å²) in [6.45, 7) is 0. The molecule has 0 aliphatic carbocycles. The van der Waals surface area contributed by atoms with E-state index in [1.807, 2.05) is 0 Å². The Labute approximate surface area is 485 Å². The molecule has 0 unspecified atom stereocenters. The predicted octanol–water partition coefficient (Wildman–Crippen LogP) is 22.3. The third-order valence-electron chi connectivity index (χ3n) is 21.3. The Balaban J connectivity index is 0.742. The van der Waals surface area contributed by atoms with E-state index in [-0.39, 0.29) is 0 Å². The summed E-state index contributed by atoms with van der Waals surface area (Å²) >= 11 is 0. The van der Waals surface area contributed by atoms with Gasteiger partial charge in [0.25, 0.3) is 0 Å². The number of fused-ring (bicyclic) bond motifs is 34. The molecule has 8 aromatic heterocycles. The van der Waals surface area contributed by atoms with Gasteiger partial charge in [0.1, 0.15) is 0 Å². The molecule has 0 fully saturated rings. The van der Waals surface area contributed by atoms with Gasteiger partial charge in [-0.2, -0.15) is 0 Å². The van der Waals surface area contributed by atoms with Crippen molar-refractivity contribution in [3.8, 4) is 11.1 Å². The van der Waals surface area contributed by atoms with Gasteiger partial charge in [0.2, 0.25) is 0 Å². The molecule has 0 bridgehead atoms. The van der Waals surface area contributed by atoms with Crippen molar-refractivity contribution in [1.82, 2.24) is 17.6 Å². The van der Waals surface area contributed by atoms with Crippen LogP contribution in [0.25, 0.3) is 228 Å². The Morgan fingerprint density at radius 1 is 0.163 bits per heavy atom. The lowest BCUT2D eigenvalue weighted by molar-refractivity contribution is 1.37. The second-order valence-corrected chi connectivity index (χ2v) is 24.9. The van der Waals surface area contributed by atoms with E-state index < -0.39 is 0 Å². The highest BCUT2D eigenvalue weighted by Gasteiger charge is 2.29. The molecule has 86 heavy (non-hydrogen) atoms. The standard InChI is InChI=1S/C82H40N4/c1-2-15-48-47(14-1)72-49(33-36-68-75(72)57-21-10-18-52-45-12-3-6-23-64(45)83(68)78(52)57)50-34-37-69-76(73(48)50)58-22-11-19-53-61-38-41(28-35-67(61)84(69)79(53)58)44-31-32-55-63-40-43-26-29-59-70-42(27-30-60(71(43)70)81(63)86-66-25-8-5-16-56(66)74(44)82(55)86)39-62-54-20-9-17-51-46-13-4-7-24-65(46)85(77(51)54)80(59)62/h1-40H. The predicted molar refractivity (Wildman–Crippen MR) is 367 cm³/mol. The van der Waals surface area contributed by atoms with Gasteiger partial charge in [0.05, 0.1) is 66.2 Å². The molecule has 24 rings (SSSR count). The van der Waals surface area contributed by atoms with Crippen molar-refractivity contribution in [2.75, 3.05) is 0 Å². The van der Waals surface area contributed by atoms with Crippen LogP contribution >= 0.6 is 0 Å². The summed E-state index contributed by atoms with van der Waals surface area (Å²) in [5.74, 6) is 0. The van der Waals surface area contributed by atoms with Crippen LogP contribution in [0.4, 0.5) is 0 Å². The normalized spacial score (nSPS) is 13.3. The van der Waals surface area contributed by atoms with Crippen LogP contribution in [0, 0.1) is 0 Å². The minimum atomic E-state index is 1.23. The van der Waals surface area contributed by atoms with Crippen molar-refractivity contribution in [2.24, 2.45) is 0 Å². The highest BCUT2D eigenvalue weighted by molar-refractivity contribution is 6.43. The van der Waals surface area contributed by atoms with Gasteiger partial charge in [-0.1, -0.05) is 188 Å². The van der Waals surface area contributed by atoms with Crippen molar-refractivity contribution in [3.05, 3.63) is 243 Å². The van der Waals surface area contributed by atoms with Crippen molar-refractivity contribution < 1.29 is 0 Å². The molecule has 16 aromatic carbocycles. The number of hydrogen-bond acceptors (Lipinski definition) is 0. The number of rotatable bonds is 1. The molecule has 0 spiro atoms. The zero-order valence-electron chi connectivity index (χ0n) is 45.9. The van der Waals surface area contributed by atoms with E-state index in [4.69, 9.17) is 0 Å². The first kappa shape index (κ1) is 42.4.